The minimum Gasteiger partial charge on any atom is -0.462 e. The first-order valence-electron chi connectivity index (χ1n) is 15.7. The van der Waals surface area contributed by atoms with Crippen molar-refractivity contribution in [3.05, 3.63) is 34.4 Å². The Balaban J connectivity index is 1.24. The summed E-state index contributed by atoms with van der Waals surface area (Å²) in [7, 11) is 1.98. The molecule has 9 heteroatoms. The van der Waals surface area contributed by atoms with Crippen LogP contribution in [-0.4, -0.2) is 77.9 Å². The van der Waals surface area contributed by atoms with Gasteiger partial charge in [0.2, 0.25) is 0 Å². The zero-order valence-corrected chi connectivity index (χ0v) is 25.1. The van der Waals surface area contributed by atoms with Crippen molar-refractivity contribution in [2.24, 2.45) is 28.6 Å². The quantitative estimate of drug-likeness (QED) is 0.533. The smallest absolute Gasteiger partial charge is 0.335 e. The van der Waals surface area contributed by atoms with Gasteiger partial charge >= 0.3 is 17.6 Å². The molecular formula is C32H47N3O6. The number of rotatable bonds is 3. The van der Waals surface area contributed by atoms with Gasteiger partial charge in [0.15, 0.2) is 0 Å². The number of amides is 2. The fourth-order valence-corrected chi connectivity index (χ4v) is 10.3. The number of hydrogen-bond acceptors (Lipinski definition) is 7. The molecule has 2 N–H and O–H groups in total. The molecule has 2 amide bonds. The molecule has 2 heterocycles. The van der Waals surface area contributed by atoms with E-state index in [2.05, 4.69) is 19.2 Å². The van der Waals surface area contributed by atoms with Gasteiger partial charge in [-0.1, -0.05) is 13.8 Å². The van der Waals surface area contributed by atoms with Gasteiger partial charge in [0.25, 0.3) is 0 Å². The molecule has 1 aromatic rings. The molecule has 1 saturated heterocycles. The summed E-state index contributed by atoms with van der Waals surface area (Å²) in [6.45, 7) is 9.27. The van der Waals surface area contributed by atoms with Crippen LogP contribution < -0.4 is 10.9 Å². The molecule has 4 aliphatic carbocycles. The number of urea groups is 1. The summed E-state index contributed by atoms with van der Waals surface area (Å²) >= 11 is 0. The molecule has 1 aromatic heterocycles. The van der Waals surface area contributed by atoms with Crippen molar-refractivity contribution in [2.45, 2.75) is 95.8 Å². The summed E-state index contributed by atoms with van der Waals surface area (Å²) in [6.07, 6.45) is 8.27. The third-order valence-corrected chi connectivity index (χ3v) is 12.4. The van der Waals surface area contributed by atoms with Gasteiger partial charge in [-0.25, -0.2) is 9.59 Å². The van der Waals surface area contributed by atoms with Crippen LogP contribution >= 0.6 is 0 Å². The Morgan fingerprint density at radius 2 is 1.85 bits per heavy atom. The number of carbonyl (C=O) groups is 2. The first-order chi connectivity index (χ1) is 19.5. The lowest BCUT2D eigenvalue weighted by Crippen LogP contribution is -2.62. The minimum absolute atomic E-state index is 0.101. The molecule has 0 radical (unpaired) electrons. The normalized spacial score (nSPS) is 42.0. The number of nitrogens with one attached hydrogen (secondary N) is 1. The molecule has 0 unspecified atom stereocenters. The van der Waals surface area contributed by atoms with Crippen LogP contribution in [0.1, 0.15) is 83.6 Å². The maximum Gasteiger partial charge on any atom is 0.335 e. The molecule has 0 aromatic carbocycles. The van der Waals surface area contributed by atoms with Gasteiger partial charge < -0.3 is 29.4 Å². The van der Waals surface area contributed by atoms with E-state index in [1.165, 1.54) is 19.3 Å². The van der Waals surface area contributed by atoms with Crippen LogP contribution in [0, 0.1) is 28.6 Å². The van der Waals surface area contributed by atoms with E-state index in [-0.39, 0.29) is 35.3 Å². The summed E-state index contributed by atoms with van der Waals surface area (Å²) < 4.78 is 11.1. The van der Waals surface area contributed by atoms with E-state index in [1.54, 1.807) is 6.07 Å². The van der Waals surface area contributed by atoms with Gasteiger partial charge in [0.1, 0.15) is 6.10 Å². The number of fused-ring (bicyclic) bond motifs is 5. The molecule has 9 atom stereocenters. The monoisotopic (exact) mass is 569 g/mol. The largest absolute Gasteiger partial charge is 0.462 e. The van der Waals surface area contributed by atoms with E-state index >= 15 is 0 Å². The molecular weight excluding hydrogens is 522 g/mol. The van der Waals surface area contributed by atoms with Gasteiger partial charge in [0.05, 0.1) is 11.9 Å². The summed E-state index contributed by atoms with van der Waals surface area (Å²) in [4.78, 5) is 41.2. The van der Waals surface area contributed by atoms with Crippen LogP contribution in [0.2, 0.25) is 0 Å². The molecule has 41 heavy (non-hydrogen) atoms. The highest BCUT2D eigenvalue weighted by Gasteiger charge is 2.70. The average Bonchev–Trinajstić information content (AvgIpc) is 3.18. The fourth-order valence-electron chi connectivity index (χ4n) is 10.3. The summed E-state index contributed by atoms with van der Waals surface area (Å²) in [6, 6.07) is 3.59. The number of carbonyl (C=O) groups excluding carboxylic acids is 2. The van der Waals surface area contributed by atoms with Gasteiger partial charge in [-0.05, 0) is 79.7 Å². The SMILES string of the molecule is CC(=O)O[C@H]1C[C@]2(O)[C@@H]3CC[C@@H]4C[C@@H](N(C)C(=O)N5CCNCC5)CC[C@]4(C)[C@H]3CC[C@]2(C)[C@H]1c1ccc(=O)oc1. The van der Waals surface area contributed by atoms with E-state index in [0.29, 0.717) is 18.3 Å². The van der Waals surface area contributed by atoms with E-state index < -0.39 is 22.7 Å². The predicted octanol–water partition coefficient (Wildman–Crippen LogP) is 3.75. The standard InChI is InChI=1S/C32H47N3O6/c1-20(36)41-26-18-32(39)25-7-6-22-17-23(34(4)29(38)35-15-13-33-14-16-35)9-11-30(22,2)24(25)10-12-31(32,3)28(26)21-5-8-27(37)40-19-21/h5,8,19,22-26,28,33,39H,6-7,9-18H2,1-4H3/t22-,23+,24+,25-,26+,28+,30+,31-,32+/m1/s1. The Hall–Kier alpha value is -2.39. The van der Waals surface area contributed by atoms with Gasteiger partial charge in [-0.2, -0.15) is 0 Å². The Labute approximate surface area is 243 Å². The van der Waals surface area contributed by atoms with E-state index in [0.717, 1.165) is 76.7 Å². The zero-order valence-electron chi connectivity index (χ0n) is 25.1. The molecule has 9 nitrogen and oxygen atoms in total. The second kappa shape index (κ2) is 10.4. The number of aliphatic hydroxyl groups is 1. The van der Waals surface area contributed by atoms with E-state index in [4.69, 9.17) is 9.15 Å². The lowest BCUT2D eigenvalue weighted by Gasteiger charge is -2.64. The third-order valence-electron chi connectivity index (χ3n) is 12.4. The lowest BCUT2D eigenvalue weighted by atomic mass is 9.43. The Bertz CT molecular complexity index is 1210. The topological polar surface area (TPSA) is 112 Å². The first kappa shape index (κ1) is 28.7. The highest BCUT2D eigenvalue weighted by molar-refractivity contribution is 5.74. The van der Waals surface area contributed by atoms with Crippen molar-refractivity contribution in [3.8, 4) is 0 Å². The van der Waals surface area contributed by atoms with Crippen LogP contribution in [0.3, 0.4) is 0 Å². The van der Waals surface area contributed by atoms with Crippen molar-refractivity contribution in [3.63, 3.8) is 0 Å². The number of piperazine rings is 1. The Morgan fingerprint density at radius 3 is 2.54 bits per heavy atom. The molecule has 4 saturated carbocycles. The van der Waals surface area contributed by atoms with Crippen LogP contribution in [0.25, 0.3) is 0 Å². The maximum atomic E-state index is 13.3. The second-order valence-electron chi connectivity index (χ2n) is 14.1. The average molecular weight is 570 g/mol. The number of hydrogen-bond donors (Lipinski definition) is 2. The summed E-state index contributed by atoms with van der Waals surface area (Å²) in [5.74, 6) is 0.400. The van der Waals surface area contributed by atoms with Crippen molar-refractivity contribution in [2.75, 3.05) is 33.2 Å². The van der Waals surface area contributed by atoms with Gasteiger partial charge in [0, 0.05) is 70.0 Å². The zero-order chi connectivity index (χ0) is 29.2. The molecule has 0 bridgehead atoms. The minimum atomic E-state index is -0.989. The molecule has 0 spiro atoms. The highest BCUT2D eigenvalue weighted by Crippen LogP contribution is 2.71. The Kier molecular flexibility index (Phi) is 7.29. The van der Waals surface area contributed by atoms with E-state index in [9.17, 15) is 19.5 Å². The third kappa shape index (κ3) is 4.53. The summed E-state index contributed by atoms with van der Waals surface area (Å²) in [5, 5.41) is 16.1. The predicted molar refractivity (Wildman–Crippen MR) is 153 cm³/mol. The van der Waals surface area contributed by atoms with E-state index in [1.807, 2.05) is 16.8 Å². The number of esters is 1. The van der Waals surface area contributed by atoms with Crippen molar-refractivity contribution < 1.29 is 23.8 Å². The van der Waals surface area contributed by atoms with Crippen molar-refractivity contribution in [1.29, 1.82) is 0 Å². The van der Waals surface area contributed by atoms with Crippen LogP contribution in [0.5, 0.6) is 0 Å². The van der Waals surface area contributed by atoms with Crippen LogP contribution in [0.15, 0.2) is 27.6 Å². The number of ether oxygens (including phenoxy) is 1. The number of nitrogens with zero attached hydrogens (tertiary/aromatic N) is 2. The Morgan fingerprint density at radius 1 is 1.10 bits per heavy atom. The molecule has 1 aliphatic heterocycles. The second-order valence-corrected chi connectivity index (χ2v) is 14.1. The first-order valence-corrected chi connectivity index (χ1v) is 15.7. The molecule has 5 aliphatic rings. The van der Waals surface area contributed by atoms with Crippen molar-refractivity contribution >= 4 is 12.0 Å². The molecule has 6 rings (SSSR count). The van der Waals surface area contributed by atoms with Gasteiger partial charge in [-0.15, -0.1) is 0 Å². The van der Waals surface area contributed by atoms with Crippen molar-refractivity contribution in [1.82, 2.24) is 15.1 Å². The maximum absolute atomic E-state index is 13.3. The van der Waals surface area contributed by atoms with Crippen LogP contribution in [-0.2, 0) is 9.53 Å². The summed E-state index contributed by atoms with van der Waals surface area (Å²) in [5.41, 5.74) is -1.00. The molecule has 226 valence electrons. The van der Waals surface area contributed by atoms with Gasteiger partial charge in [-0.3, -0.25) is 4.79 Å². The molecule has 5 fully saturated rings. The van der Waals surface area contributed by atoms with Crippen LogP contribution in [0.4, 0.5) is 4.79 Å². The lowest BCUT2D eigenvalue weighted by molar-refractivity contribution is -0.203. The highest BCUT2D eigenvalue weighted by atomic mass is 16.5. The fraction of sp³-hybridized carbons (Fsp3) is 0.781.